The van der Waals surface area contributed by atoms with Gasteiger partial charge in [-0.25, -0.2) is 0 Å². The van der Waals surface area contributed by atoms with Crippen LogP contribution in [0.5, 0.6) is 0 Å². The van der Waals surface area contributed by atoms with Crippen molar-refractivity contribution in [2.45, 2.75) is 103 Å². The van der Waals surface area contributed by atoms with E-state index < -0.39 is 5.97 Å². The molecule has 6 heteroatoms. The molecule has 0 fully saturated rings. The summed E-state index contributed by atoms with van der Waals surface area (Å²) in [5.41, 5.74) is 0. The number of rotatable bonds is 24. The molecule has 0 saturated carbocycles. The Hall–Kier alpha value is -1.14. The molecule has 0 heterocycles. The molecule has 0 bridgehead atoms. The number of ether oxygens (including phenoxy) is 2. The number of carboxylic acid groups (broad SMARTS) is 1. The zero-order valence-corrected chi connectivity index (χ0v) is 19.1. The molecule has 0 spiro atoms. The van der Waals surface area contributed by atoms with Gasteiger partial charge in [0.1, 0.15) is 0 Å². The standard InChI is InChI=1S/C24H46NO5/c1-2-29-21-22-30-20-19-25-23(26)17-15-13-11-9-7-5-3-4-6-8-10-12-14-16-18-24(27)28/h1-22H2,(H,25,26)(H,27,28). The first-order chi connectivity index (χ1) is 14.7. The Labute approximate surface area is 184 Å². The van der Waals surface area contributed by atoms with Crippen LogP contribution in [0.25, 0.3) is 0 Å². The fourth-order valence-electron chi connectivity index (χ4n) is 3.36. The largest absolute Gasteiger partial charge is 0.481 e. The second kappa shape index (κ2) is 24.1. The molecule has 1 radical (unpaired) electrons. The number of carbonyl (C=O) groups excluding carboxylic acids is 1. The van der Waals surface area contributed by atoms with Gasteiger partial charge in [-0.1, -0.05) is 77.0 Å². The van der Waals surface area contributed by atoms with Crippen LogP contribution in [0.2, 0.25) is 0 Å². The predicted molar refractivity (Wildman–Crippen MR) is 122 cm³/mol. The number of aliphatic carboxylic acids is 1. The molecule has 2 N–H and O–H groups in total. The quantitative estimate of drug-likeness (QED) is 0.204. The first kappa shape index (κ1) is 28.9. The van der Waals surface area contributed by atoms with Gasteiger partial charge < -0.3 is 19.9 Å². The van der Waals surface area contributed by atoms with Gasteiger partial charge in [0.2, 0.25) is 5.91 Å². The lowest BCUT2D eigenvalue weighted by molar-refractivity contribution is -0.137. The molecule has 0 atom stereocenters. The van der Waals surface area contributed by atoms with Crippen molar-refractivity contribution in [2.24, 2.45) is 0 Å². The number of hydrogen-bond donors (Lipinski definition) is 2. The lowest BCUT2D eigenvalue weighted by Gasteiger charge is -2.07. The number of amides is 1. The van der Waals surface area contributed by atoms with Crippen LogP contribution in [0.4, 0.5) is 0 Å². The third kappa shape index (κ3) is 24.9. The molecule has 0 aliphatic carbocycles. The molecule has 0 aromatic carbocycles. The third-order valence-electron chi connectivity index (χ3n) is 5.13. The molecule has 0 aromatic heterocycles. The molecule has 0 rings (SSSR count). The monoisotopic (exact) mass is 428 g/mol. The van der Waals surface area contributed by atoms with Gasteiger partial charge in [0.05, 0.1) is 19.8 Å². The van der Waals surface area contributed by atoms with Crippen molar-refractivity contribution in [2.75, 3.05) is 33.0 Å². The van der Waals surface area contributed by atoms with Crippen LogP contribution in [-0.2, 0) is 19.1 Å². The number of carbonyl (C=O) groups is 2. The fourth-order valence-corrected chi connectivity index (χ4v) is 3.36. The van der Waals surface area contributed by atoms with E-state index in [1.165, 1.54) is 64.2 Å². The van der Waals surface area contributed by atoms with Crippen molar-refractivity contribution in [3.8, 4) is 0 Å². The van der Waals surface area contributed by atoms with Crippen molar-refractivity contribution >= 4 is 11.9 Å². The summed E-state index contributed by atoms with van der Waals surface area (Å²) in [5, 5.41) is 11.5. The summed E-state index contributed by atoms with van der Waals surface area (Å²) in [6.45, 7) is 6.22. The Morgan fingerprint density at radius 3 is 1.53 bits per heavy atom. The van der Waals surface area contributed by atoms with E-state index in [2.05, 4.69) is 12.2 Å². The first-order valence-corrected chi connectivity index (χ1v) is 12.1. The van der Waals surface area contributed by atoms with E-state index in [-0.39, 0.29) is 5.91 Å². The van der Waals surface area contributed by atoms with Crippen molar-refractivity contribution in [3.05, 3.63) is 6.92 Å². The summed E-state index contributed by atoms with van der Waals surface area (Å²) in [6, 6.07) is 0. The number of unbranched alkanes of at least 4 members (excludes halogenated alkanes) is 13. The van der Waals surface area contributed by atoms with Crippen molar-refractivity contribution in [3.63, 3.8) is 0 Å². The Balaban J connectivity index is 3.13. The van der Waals surface area contributed by atoms with Crippen LogP contribution in [0, 0.1) is 6.92 Å². The lowest BCUT2D eigenvalue weighted by atomic mass is 10.0. The third-order valence-corrected chi connectivity index (χ3v) is 5.13. The molecule has 1 amide bonds. The molecular weight excluding hydrogens is 382 g/mol. The molecule has 177 valence electrons. The van der Waals surface area contributed by atoms with Crippen molar-refractivity contribution in [1.82, 2.24) is 5.32 Å². The van der Waals surface area contributed by atoms with E-state index in [9.17, 15) is 9.59 Å². The van der Waals surface area contributed by atoms with Gasteiger partial charge >= 0.3 is 5.97 Å². The highest BCUT2D eigenvalue weighted by molar-refractivity contribution is 5.75. The molecule has 0 aromatic rings. The first-order valence-electron chi connectivity index (χ1n) is 12.1. The van der Waals surface area contributed by atoms with Crippen molar-refractivity contribution < 1.29 is 24.2 Å². The SMILES string of the molecule is [CH2]COCCOCCNC(=O)CCCCCCCCCCCCCCCCC(=O)O. The summed E-state index contributed by atoms with van der Waals surface area (Å²) in [6.07, 6.45) is 17.7. The number of carboxylic acids is 1. The molecular formula is C24H46NO5. The number of nitrogens with one attached hydrogen (secondary N) is 1. The van der Waals surface area contributed by atoms with E-state index >= 15 is 0 Å². The van der Waals surface area contributed by atoms with Gasteiger partial charge in [-0.05, 0) is 19.8 Å². The normalized spacial score (nSPS) is 11.0. The maximum absolute atomic E-state index is 11.7. The highest BCUT2D eigenvalue weighted by Gasteiger charge is 2.01. The van der Waals surface area contributed by atoms with Gasteiger partial charge in [0.15, 0.2) is 0 Å². The van der Waals surface area contributed by atoms with Gasteiger partial charge in [-0.2, -0.15) is 0 Å². The topological polar surface area (TPSA) is 84.9 Å². The second-order valence-corrected chi connectivity index (χ2v) is 7.92. The Morgan fingerprint density at radius 2 is 1.07 bits per heavy atom. The van der Waals surface area contributed by atoms with Crippen LogP contribution >= 0.6 is 0 Å². The molecule has 0 aliphatic rings. The van der Waals surface area contributed by atoms with Crippen LogP contribution < -0.4 is 5.32 Å². The Bertz CT molecular complexity index is 390. The number of hydrogen-bond acceptors (Lipinski definition) is 4. The van der Waals surface area contributed by atoms with Gasteiger partial charge in [-0.3, -0.25) is 9.59 Å². The van der Waals surface area contributed by atoms with Crippen LogP contribution in [-0.4, -0.2) is 50.0 Å². The maximum atomic E-state index is 11.7. The zero-order chi connectivity index (χ0) is 22.1. The summed E-state index contributed by atoms with van der Waals surface area (Å²) in [5.74, 6) is -0.556. The van der Waals surface area contributed by atoms with E-state index in [4.69, 9.17) is 14.6 Å². The highest BCUT2D eigenvalue weighted by atomic mass is 16.5. The Kier molecular flexibility index (Phi) is 23.2. The second-order valence-electron chi connectivity index (χ2n) is 7.92. The molecule has 0 aliphatic heterocycles. The van der Waals surface area contributed by atoms with Gasteiger partial charge in [0.25, 0.3) is 0 Å². The molecule has 6 nitrogen and oxygen atoms in total. The minimum Gasteiger partial charge on any atom is -0.481 e. The maximum Gasteiger partial charge on any atom is 0.303 e. The average molecular weight is 429 g/mol. The fraction of sp³-hybridized carbons (Fsp3) is 0.875. The van der Waals surface area contributed by atoms with Gasteiger partial charge in [0, 0.05) is 26.0 Å². The Morgan fingerprint density at radius 1 is 0.633 bits per heavy atom. The van der Waals surface area contributed by atoms with Crippen LogP contribution in [0.3, 0.4) is 0 Å². The summed E-state index contributed by atoms with van der Waals surface area (Å²) in [4.78, 5) is 22.1. The summed E-state index contributed by atoms with van der Waals surface area (Å²) < 4.78 is 10.4. The van der Waals surface area contributed by atoms with E-state index in [1.54, 1.807) is 0 Å². The smallest absolute Gasteiger partial charge is 0.303 e. The summed E-state index contributed by atoms with van der Waals surface area (Å²) >= 11 is 0. The minimum absolute atomic E-state index is 0.120. The van der Waals surface area contributed by atoms with E-state index in [0.717, 1.165) is 25.7 Å². The predicted octanol–water partition coefficient (Wildman–Crippen LogP) is 5.30. The van der Waals surface area contributed by atoms with E-state index in [0.29, 0.717) is 45.8 Å². The van der Waals surface area contributed by atoms with Crippen LogP contribution in [0.1, 0.15) is 103 Å². The van der Waals surface area contributed by atoms with Crippen LogP contribution in [0.15, 0.2) is 0 Å². The van der Waals surface area contributed by atoms with E-state index in [1.807, 2.05) is 0 Å². The average Bonchev–Trinajstić information content (AvgIpc) is 2.72. The molecule has 0 unspecified atom stereocenters. The molecule has 0 saturated heterocycles. The lowest BCUT2D eigenvalue weighted by Crippen LogP contribution is -2.27. The van der Waals surface area contributed by atoms with Crippen molar-refractivity contribution in [1.29, 1.82) is 0 Å². The minimum atomic E-state index is -0.676. The zero-order valence-electron chi connectivity index (χ0n) is 19.1. The van der Waals surface area contributed by atoms with Gasteiger partial charge in [-0.15, -0.1) is 0 Å². The summed E-state index contributed by atoms with van der Waals surface area (Å²) in [7, 11) is 0. The molecule has 30 heavy (non-hydrogen) atoms. The highest BCUT2D eigenvalue weighted by Crippen LogP contribution is 2.13.